The van der Waals surface area contributed by atoms with Crippen LogP contribution in [0.4, 0.5) is 0 Å². The lowest BCUT2D eigenvalue weighted by molar-refractivity contribution is -0.140. The largest absolute Gasteiger partial charge is 0.481 e. The van der Waals surface area contributed by atoms with Crippen LogP contribution in [0.15, 0.2) is 83.4 Å². The normalized spacial score (nSPS) is 14.5. The first-order valence-corrected chi connectivity index (χ1v) is 13.2. The van der Waals surface area contributed by atoms with E-state index in [1.807, 2.05) is 66.7 Å². The number of nitrogens with zero attached hydrogens (tertiary/aromatic N) is 1. The molecular weight excluding hydrogens is 462 g/mol. The Labute approximate surface area is 204 Å². The number of carboxylic acid groups (broad SMARTS) is 1. The Bertz CT molecular complexity index is 1470. The van der Waals surface area contributed by atoms with E-state index in [0.29, 0.717) is 29.9 Å². The Morgan fingerprint density at radius 1 is 0.886 bits per heavy atom. The van der Waals surface area contributed by atoms with Gasteiger partial charge in [0.2, 0.25) is 0 Å². The topological polar surface area (TPSA) is 97.5 Å². The van der Waals surface area contributed by atoms with Crippen LogP contribution in [-0.2, 0) is 31.6 Å². The maximum absolute atomic E-state index is 12.9. The maximum Gasteiger partial charge on any atom is 0.314 e. The van der Waals surface area contributed by atoms with Gasteiger partial charge in [-0.2, -0.15) is 0 Å². The summed E-state index contributed by atoms with van der Waals surface area (Å²) >= 11 is 0. The molecule has 0 radical (unpaired) electrons. The molecule has 7 heteroatoms. The summed E-state index contributed by atoms with van der Waals surface area (Å²) in [5, 5.41) is 13.5. The molecule has 0 atom stereocenters. The van der Waals surface area contributed by atoms with Gasteiger partial charge in [0.1, 0.15) is 0 Å². The first kappa shape index (κ1) is 23.1. The van der Waals surface area contributed by atoms with Gasteiger partial charge in [0, 0.05) is 11.1 Å². The van der Waals surface area contributed by atoms with Crippen molar-refractivity contribution >= 4 is 15.8 Å². The van der Waals surface area contributed by atoms with Crippen molar-refractivity contribution in [2.24, 2.45) is 0 Å². The second-order valence-corrected chi connectivity index (χ2v) is 11.2. The first-order chi connectivity index (χ1) is 16.8. The van der Waals surface area contributed by atoms with Crippen LogP contribution in [0.2, 0.25) is 0 Å². The Morgan fingerprint density at radius 3 is 2.03 bits per heavy atom. The average Bonchev–Trinajstić information content (AvgIpc) is 3.60. The molecule has 1 N–H and O–H groups in total. The van der Waals surface area contributed by atoms with Crippen LogP contribution in [-0.4, -0.2) is 24.7 Å². The highest BCUT2D eigenvalue weighted by atomic mass is 32.2. The maximum atomic E-state index is 12.9. The van der Waals surface area contributed by atoms with Crippen molar-refractivity contribution in [1.82, 2.24) is 5.16 Å². The van der Waals surface area contributed by atoms with Crippen molar-refractivity contribution in [3.8, 4) is 22.5 Å². The number of hydrogen-bond acceptors (Lipinski definition) is 5. The third kappa shape index (κ3) is 4.64. The van der Waals surface area contributed by atoms with E-state index in [-0.39, 0.29) is 11.5 Å². The quantitative estimate of drug-likeness (QED) is 0.350. The van der Waals surface area contributed by atoms with Gasteiger partial charge in [0.25, 0.3) is 0 Å². The smallest absolute Gasteiger partial charge is 0.314 e. The summed E-state index contributed by atoms with van der Waals surface area (Å²) in [5.74, 6) is -0.506. The summed E-state index contributed by atoms with van der Waals surface area (Å²) in [7, 11) is -3.42. The first-order valence-electron chi connectivity index (χ1n) is 11.4. The molecule has 178 valence electrons. The molecule has 0 spiro atoms. The van der Waals surface area contributed by atoms with Gasteiger partial charge in [-0.3, -0.25) is 4.79 Å². The van der Waals surface area contributed by atoms with E-state index in [2.05, 4.69) is 5.16 Å². The number of rotatable bonds is 8. The average molecular weight is 488 g/mol. The Morgan fingerprint density at radius 2 is 1.46 bits per heavy atom. The van der Waals surface area contributed by atoms with Gasteiger partial charge in [0.05, 0.1) is 22.6 Å². The van der Waals surface area contributed by atoms with Gasteiger partial charge in [0.15, 0.2) is 15.6 Å². The predicted molar refractivity (Wildman–Crippen MR) is 133 cm³/mol. The molecule has 1 saturated carbocycles. The van der Waals surface area contributed by atoms with Crippen molar-refractivity contribution in [3.05, 3.63) is 101 Å². The molecule has 0 aliphatic heterocycles. The molecule has 0 amide bonds. The summed E-state index contributed by atoms with van der Waals surface area (Å²) < 4.78 is 31.3. The predicted octanol–water partition coefficient (Wildman–Crippen LogP) is 5.55. The van der Waals surface area contributed by atoms with Crippen molar-refractivity contribution in [1.29, 1.82) is 0 Å². The summed E-state index contributed by atoms with van der Waals surface area (Å²) in [6, 6.07) is 24.4. The van der Waals surface area contributed by atoms with E-state index >= 15 is 0 Å². The second kappa shape index (κ2) is 8.82. The summed E-state index contributed by atoms with van der Waals surface area (Å²) in [5.41, 5.74) is 4.68. The van der Waals surface area contributed by atoms with E-state index in [1.54, 1.807) is 19.1 Å². The van der Waals surface area contributed by atoms with Crippen molar-refractivity contribution < 1.29 is 22.8 Å². The zero-order chi connectivity index (χ0) is 24.6. The third-order valence-corrected chi connectivity index (χ3v) is 8.16. The zero-order valence-electron chi connectivity index (χ0n) is 19.3. The minimum absolute atomic E-state index is 0.0456. The molecule has 1 aliphatic rings. The van der Waals surface area contributed by atoms with Crippen LogP contribution in [0.1, 0.15) is 35.2 Å². The van der Waals surface area contributed by atoms with Crippen LogP contribution in [0.5, 0.6) is 0 Å². The molecule has 3 aromatic carbocycles. The molecule has 0 unspecified atom stereocenters. The molecule has 6 nitrogen and oxygen atoms in total. The monoisotopic (exact) mass is 487 g/mol. The number of sulfone groups is 1. The molecule has 1 fully saturated rings. The SMILES string of the molecule is Cc1noc(-c2ccc(-c3ccc(C4(C(=O)O)CC4)cc3)cc2)c1CS(=O)(=O)Cc1ccccc1. The highest BCUT2D eigenvalue weighted by Crippen LogP contribution is 2.48. The number of aromatic nitrogens is 1. The number of aryl methyl sites for hydroxylation is 1. The van der Waals surface area contributed by atoms with E-state index in [4.69, 9.17) is 4.52 Å². The standard InChI is InChI=1S/C28H25NO5S/c1-19-25(18-35(32,33)17-20-5-3-2-4-6-20)26(34-29-19)23-9-7-21(8-10-23)22-11-13-24(14-12-22)28(15-16-28)27(30)31/h2-14H,15-18H2,1H3,(H,30,31). The Kier molecular flexibility index (Phi) is 5.81. The van der Waals surface area contributed by atoms with Gasteiger partial charge in [-0.15, -0.1) is 0 Å². The lowest BCUT2D eigenvalue weighted by Crippen LogP contribution is -2.19. The van der Waals surface area contributed by atoms with Gasteiger partial charge in [-0.05, 0) is 42.0 Å². The Hall–Kier alpha value is -3.71. The van der Waals surface area contributed by atoms with Crippen LogP contribution < -0.4 is 0 Å². The summed E-state index contributed by atoms with van der Waals surface area (Å²) in [4.78, 5) is 11.6. The third-order valence-electron chi connectivity index (χ3n) is 6.66. The number of aliphatic carboxylic acids is 1. The second-order valence-electron chi connectivity index (χ2n) is 9.14. The van der Waals surface area contributed by atoms with Crippen molar-refractivity contribution in [2.75, 3.05) is 0 Å². The molecule has 1 aliphatic carbocycles. The number of hydrogen-bond donors (Lipinski definition) is 1. The minimum atomic E-state index is -3.42. The lowest BCUT2D eigenvalue weighted by atomic mass is 9.93. The van der Waals surface area contributed by atoms with Crippen LogP contribution in [0.3, 0.4) is 0 Å². The fourth-order valence-electron chi connectivity index (χ4n) is 4.43. The van der Waals surface area contributed by atoms with Crippen molar-refractivity contribution in [3.63, 3.8) is 0 Å². The van der Waals surface area contributed by atoms with E-state index in [1.165, 1.54) is 0 Å². The fourth-order valence-corrected chi connectivity index (χ4v) is 6.01. The molecule has 1 aromatic heterocycles. The van der Waals surface area contributed by atoms with Crippen LogP contribution >= 0.6 is 0 Å². The summed E-state index contributed by atoms with van der Waals surface area (Å²) in [6.45, 7) is 1.75. The van der Waals surface area contributed by atoms with Gasteiger partial charge in [-0.1, -0.05) is 84.0 Å². The fraction of sp³-hybridized carbons (Fsp3) is 0.214. The van der Waals surface area contributed by atoms with Gasteiger partial charge < -0.3 is 9.63 Å². The number of carbonyl (C=O) groups is 1. The molecule has 4 aromatic rings. The zero-order valence-corrected chi connectivity index (χ0v) is 20.1. The van der Waals surface area contributed by atoms with Gasteiger partial charge >= 0.3 is 5.97 Å². The van der Waals surface area contributed by atoms with Gasteiger partial charge in [-0.25, -0.2) is 8.42 Å². The molecule has 35 heavy (non-hydrogen) atoms. The molecule has 1 heterocycles. The Balaban J connectivity index is 1.36. The van der Waals surface area contributed by atoms with E-state index < -0.39 is 21.2 Å². The molecule has 0 saturated heterocycles. The number of benzene rings is 3. The van der Waals surface area contributed by atoms with Crippen LogP contribution in [0.25, 0.3) is 22.5 Å². The lowest BCUT2D eigenvalue weighted by Gasteiger charge is -2.11. The van der Waals surface area contributed by atoms with Crippen molar-refractivity contribution in [2.45, 2.75) is 36.7 Å². The highest BCUT2D eigenvalue weighted by molar-refractivity contribution is 7.89. The molecule has 0 bridgehead atoms. The minimum Gasteiger partial charge on any atom is -0.481 e. The molecular formula is C28H25NO5S. The molecule has 5 rings (SSSR count). The van der Waals surface area contributed by atoms with E-state index in [0.717, 1.165) is 27.8 Å². The highest BCUT2D eigenvalue weighted by Gasteiger charge is 2.51. The van der Waals surface area contributed by atoms with Crippen LogP contribution in [0, 0.1) is 6.92 Å². The summed E-state index contributed by atoms with van der Waals surface area (Å²) in [6.07, 6.45) is 1.35. The van der Waals surface area contributed by atoms with E-state index in [9.17, 15) is 18.3 Å². The number of carboxylic acids is 1.